The van der Waals surface area contributed by atoms with E-state index in [1.54, 1.807) is 11.8 Å². The molecule has 0 aromatic heterocycles. The number of thioether (sulfide) groups is 1. The Morgan fingerprint density at radius 1 is 1.18 bits per heavy atom. The highest BCUT2D eigenvalue weighted by atomic mass is 32.2. The van der Waals surface area contributed by atoms with Gasteiger partial charge in [0.25, 0.3) is 0 Å². The van der Waals surface area contributed by atoms with Crippen LogP contribution in [0.15, 0.2) is 29.2 Å². The van der Waals surface area contributed by atoms with Crippen LogP contribution < -0.4 is 5.01 Å². The zero-order valence-electron chi connectivity index (χ0n) is 10.2. The Morgan fingerprint density at radius 3 is 2.65 bits per heavy atom. The van der Waals surface area contributed by atoms with E-state index in [1.807, 2.05) is 0 Å². The third-order valence-electron chi connectivity index (χ3n) is 3.10. The van der Waals surface area contributed by atoms with Gasteiger partial charge < -0.3 is 4.74 Å². The molecule has 1 aromatic rings. The number of hydrazine groups is 1. The van der Waals surface area contributed by atoms with Crippen LogP contribution in [0.3, 0.4) is 0 Å². The summed E-state index contributed by atoms with van der Waals surface area (Å²) < 4.78 is 5.77. The van der Waals surface area contributed by atoms with Gasteiger partial charge in [0.2, 0.25) is 0 Å². The van der Waals surface area contributed by atoms with Crippen LogP contribution in [-0.2, 0) is 4.74 Å². The summed E-state index contributed by atoms with van der Waals surface area (Å²) in [4.78, 5) is 1.33. The predicted octanol–water partition coefficient (Wildman–Crippen LogP) is 2.74. The fourth-order valence-corrected chi connectivity index (χ4v) is 3.36. The first kappa shape index (κ1) is 11.4. The number of hydrogen-bond acceptors (Lipinski definition) is 4. The van der Waals surface area contributed by atoms with Gasteiger partial charge in [-0.05, 0) is 26.0 Å². The Kier molecular flexibility index (Phi) is 3.03. The Labute approximate surface area is 107 Å². The molecule has 1 saturated heterocycles. The highest BCUT2D eigenvalue weighted by Gasteiger charge is 2.31. The molecular formula is C13H17N2OS. The molecule has 1 radical (unpaired) electrons. The molecular weight excluding hydrogens is 232 g/mol. The molecule has 3 rings (SSSR count). The van der Waals surface area contributed by atoms with Crippen molar-refractivity contribution in [3.8, 4) is 0 Å². The molecule has 91 valence electrons. The molecule has 2 atom stereocenters. The summed E-state index contributed by atoms with van der Waals surface area (Å²) in [6.07, 6.45) is 0.592. The average molecular weight is 249 g/mol. The lowest BCUT2D eigenvalue weighted by molar-refractivity contribution is -0.0690. The number of ether oxygens (including phenoxy) is 1. The number of hydrogen-bond donors (Lipinski definition) is 0. The van der Waals surface area contributed by atoms with Gasteiger partial charge in [-0.25, -0.2) is 5.01 Å². The summed E-state index contributed by atoms with van der Waals surface area (Å²) >= 11 is 1.79. The Balaban J connectivity index is 1.82. The maximum atomic E-state index is 5.77. The lowest BCUT2D eigenvalue weighted by Gasteiger charge is -2.40. The predicted molar refractivity (Wildman–Crippen MR) is 70.7 cm³/mol. The fraction of sp³-hybridized carbons (Fsp3) is 0.462. The Morgan fingerprint density at radius 2 is 1.88 bits per heavy atom. The lowest BCUT2D eigenvalue weighted by atomic mass is 10.2. The van der Waals surface area contributed by atoms with E-state index in [0.29, 0.717) is 12.2 Å². The molecule has 3 nitrogen and oxygen atoms in total. The van der Waals surface area contributed by atoms with Crippen molar-refractivity contribution < 1.29 is 4.74 Å². The van der Waals surface area contributed by atoms with Gasteiger partial charge in [0.05, 0.1) is 17.9 Å². The normalized spacial score (nSPS) is 29.4. The van der Waals surface area contributed by atoms with E-state index in [0.717, 1.165) is 13.1 Å². The number of morpholine rings is 1. The molecule has 0 spiro atoms. The van der Waals surface area contributed by atoms with Crippen molar-refractivity contribution in [3.05, 3.63) is 30.1 Å². The largest absolute Gasteiger partial charge is 0.373 e. The van der Waals surface area contributed by atoms with Crippen molar-refractivity contribution in [2.24, 2.45) is 0 Å². The summed E-state index contributed by atoms with van der Waals surface area (Å²) in [6, 6.07) is 8.53. The van der Waals surface area contributed by atoms with Crippen molar-refractivity contribution in [1.29, 1.82) is 0 Å². The number of nitrogens with zero attached hydrogens (tertiary/aromatic N) is 2. The van der Waals surface area contributed by atoms with Gasteiger partial charge in [-0.1, -0.05) is 23.9 Å². The number of fused-ring (bicyclic) bond motifs is 1. The first-order chi connectivity index (χ1) is 8.24. The van der Waals surface area contributed by atoms with Gasteiger partial charge >= 0.3 is 0 Å². The first-order valence-corrected chi connectivity index (χ1v) is 6.90. The van der Waals surface area contributed by atoms with E-state index in [4.69, 9.17) is 4.74 Å². The Bertz CT molecular complexity index is 402. The molecule has 2 heterocycles. The minimum atomic E-state index is 0.296. The Hall–Kier alpha value is -0.710. The SMILES string of the molecule is CC1CN(N2[CH]Sc3ccccc32)CC(C)O1. The molecule has 0 N–H and O–H groups in total. The molecule has 1 fully saturated rings. The summed E-state index contributed by atoms with van der Waals surface area (Å²) in [5.41, 5.74) is 1.29. The third-order valence-corrected chi connectivity index (χ3v) is 4.00. The summed E-state index contributed by atoms with van der Waals surface area (Å²) in [5, 5.41) is 4.65. The molecule has 4 heteroatoms. The maximum absolute atomic E-state index is 5.77. The quantitative estimate of drug-likeness (QED) is 0.760. The van der Waals surface area contributed by atoms with Gasteiger partial charge in [-0.15, -0.1) is 0 Å². The zero-order chi connectivity index (χ0) is 11.8. The van der Waals surface area contributed by atoms with Crippen LogP contribution in [0.5, 0.6) is 0 Å². The average Bonchev–Trinajstić information content (AvgIpc) is 2.71. The van der Waals surface area contributed by atoms with E-state index >= 15 is 0 Å². The standard InChI is InChI=1S/C13H17N2OS/c1-10-7-14(8-11(2)16-10)15-9-17-13-6-4-3-5-12(13)15/h3-6,9-11H,7-8H2,1-2H3. The van der Waals surface area contributed by atoms with Crippen molar-refractivity contribution in [2.45, 2.75) is 31.0 Å². The molecule has 0 aliphatic carbocycles. The fourth-order valence-electron chi connectivity index (χ4n) is 2.46. The van der Waals surface area contributed by atoms with Gasteiger partial charge in [0, 0.05) is 18.0 Å². The summed E-state index contributed by atoms with van der Waals surface area (Å²) in [5.74, 6) is 2.19. The van der Waals surface area contributed by atoms with Crippen LogP contribution in [0.2, 0.25) is 0 Å². The molecule has 2 aliphatic rings. The second-order valence-corrected chi connectivity index (χ2v) is 5.55. The summed E-state index contributed by atoms with van der Waals surface area (Å²) in [7, 11) is 0. The van der Waals surface area contributed by atoms with Gasteiger partial charge in [-0.2, -0.15) is 0 Å². The second-order valence-electron chi connectivity index (χ2n) is 4.66. The third kappa shape index (κ3) is 2.17. The minimum Gasteiger partial charge on any atom is -0.373 e. The molecule has 17 heavy (non-hydrogen) atoms. The number of anilines is 1. The zero-order valence-corrected chi connectivity index (χ0v) is 11.0. The number of rotatable bonds is 1. The van der Waals surface area contributed by atoms with Crippen LogP contribution in [-0.4, -0.2) is 30.3 Å². The van der Waals surface area contributed by atoms with Crippen LogP contribution in [0.25, 0.3) is 0 Å². The van der Waals surface area contributed by atoms with Crippen molar-refractivity contribution in [1.82, 2.24) is 5.01 Å². The molecule has 2 unspecified atom stereocenters. The van der Waals surface area contributed by atoms with Crippen LogP contribution >= 0.6 is 11.8 Å². The molecule has 0 saturated carbocycles. The number of benzene rings is 1. The number of para-hydroxylation sites is 1. The van der Waals surface area contributed by atoms with Crippen LogP contribution in [0, 0.1) is 5.88 Å². The van der Waals surface area contributed by atoms with Gasteiger partial charge in [0.15, 0.2) is 0 Å². The second kappa shape index (κ2) is 4.52. The minimum absolute atomic E-state index is 0.296. The first-order valence-electron chi connectivity index (χ1n) is 6.02. The smallest absolute Gasteiger partial charge is 0.127 e. The maximum Gasteiger partial charge on any atom is 0.127 e. The van der Waals surface area contributed by atoms with E-state index in [1.165, 1.54) is 10.6 Å². The molecule has 0 amide bonds. The monoisotopic (exact) mass is 249 g/mol. The van der Waals surface area contributed by atoms with Gasteiger partial charge in [-0.3, -0.25) is 5.01 Å². The highest BCUT2D eigenvalue weighted by Crippen LogP contribution is 2.42. The lowest BCUT2D eigenvalue weighted by Crippen LogP contribution is -2.52. The van der Waals surface area contributed by atoms with Crippen molar-refractivity contribution >= 4 is 17.4 Å². The summed E-state index contributed by atoms with van der Waals surface area (Å²) in [6.45, 7) is 6.18. The highest BCUT2D eigenvalue weighted by molar-refractivity contribution is 8.01. The molecule has 2 aliphatic heterocycles. The van der Waals surface area contributed by atoms with Crippen molar-refractivity contribution in [2.75, 3.05) is 18.1 Å². The van der Waals surface area contributed by atoms with E-state index in [-0.39, 0.29) is 0 Å². The van der Waals surface area contributed by atoms with Gasteiger partial charge in [0.1, 0.15) is 5.88 Å². The topological polar surface area (TPSA) is 15.7 Å². The molecule has 1 aromatic carbocycles. The van der Waals surface area contributed by atoms with E-state index in [2.05, 4.69) is 54.0 Å². The molecule has 0 bridgehead atoms. The van der Waals surface area contributed by atoms with E-state index < -0.39 is 0 Å². The van der Waals surface area contributed by atoms with Crippen LogP contribution in [0.1, 0.15) is 13.8 Å². The van der Waals surface area contributed by atoms with E-state index in [9.17, 15) is 0 Å². The van der Waals surface area contributed by atoms with Crippen molar-refractivity contribution in [3.63, 3.8) is 0 Å². The van der Waals surface area contributed by atoms with Crippen LogP contribution in [0.4, 0.5) is 5.69 Å².